The number of amides is 2. The Morgan fingerprint density at radius 1 is 0.938 bits per heavy atom. The molecule has 2 amide bonds. The number of hydrogen-bond donors (Lipinski definition) is 4. The van der Waals surface area contributed by atoms with E-state index in [1.807, 2.05) is 49.4 Å². The van der Waals surface area contributed by atoms with E-state index in [0.717, 1.165) is 60.8 Å². The minimum Gasteiger partial charge on any atom is -0.349 e. The summed E-state index contributed by atoms with van der Waals surface area (Å²) in [5, 5.41) is 20.6. The Balaban J connectivity index is 1.14. The van der Waals surface area contributed by atoms with E-state index in [9.17, 15) is 14.4 Å². The highest BCUT2D eigenvalue weighted by Crippen LogP contribution is 2.34. The molecule has 2 aliphatic carbocycles. The van der Waals surface area contributed by atoms with Gasteiger partial charge in [0.05, 0.1) is 0 Å². The van der Waals surface area contributed by atoms with Crippen LogP contribution in [-0.4, -0.2) is 50.8 Å². The first kappa shape index (κ1) is 33.5. The average molecular weight is 668 g/mol. The highest BCUT2D eigenvalue weighted by molar-refractivity contribution is 6.33. The fourth-order valence-corrected chi connectivity index (χ4v) is 6.91. The molecular weight excluding hydrogens is 626 g/mol. The lowest BCUT2D eigenvalue weighted by Crippen LogP contribution is -2.33. The lowest BCUT2D eigenvalue weighted by atomic mass is 9.77. The zero-order valence-corrected chi connectivity index (χ0v) is 27.9. The van der Waals surface area contributed by atoms with Gasteiger partial charge in [0.25, 0.3) is 5.91 Å². The molecule has 0 radical (unpaired) electrons. The third kappa shape index (κ3) is 8.35. The largest absolute Gasteiger partial charge is 0.349 e. The molecule has 6 rings (SSSR count). The maximum Gasteiger partial charge on any atom is 0.251 e. The lowest BCUT2D eigenvalue weighted by Gasteiger charge is -2.27. The monoisotopic (exact) mass is 667 g/mol. The summed E-state index contributed by atoms with van der Waals surface area (Å²) in [4.78, 5) is 39.9. The van der Waals surface area contributed by atoms with Crippen LogP contribution in [0.5, 0.6) is 0 Å². The molecule has 2 aliphatic rings. The maximum absolute atomic E-state index is 13.7. The van der Waals surface area contributed by atoms with Gasteiger partial charge in [-0.15, -0.1) is 10.2 Å². The molecule has 2 atom stereocenters. The molecule has 48 heavy (non-hydrogen) atoms. The SMILES string of the molecule is CC(NC(=O)c1ccc(-c2ccc(CC(CC(=O)C3CCC(CN)CC3)C(=O)Nc3ccc(-c4nn[nH]n4)cc3)cc2)c(Cl)c1)C1CC1. The molecule has 0 spiro atoms. The van der Waals surface area contributed by atoms with Gasteiger partial charge in [-0.2, -0.15) is 5.21 Å². The van der Waals surface area contributed by atoms with E-state index in [1.165, 1.54) is 0 Å². The van der Waals surface area contributed by atoms with Crippen molar-refractivity contribution in [3.63, 3.8) is 0 Å². The summed E-state index contributed by atoms with van der Waals surface area (Å²) in [5.41, 5.74) is 10.4. The minimum atomic E-state index is -0.549. The zero-order valence-electron chi connectivity index (χ0n) is 27.1. The van der Waals surface area contributed by atoms with Crippen LogP contribution in [0.1, 0.15) is 67.8 Å². The van der Waals surface area contributed by atoms with E-state index in [4.69, 9.17) is 17.3 Å². The van der Waals surface area contributed by atoms with E-state index in [2.05, 4.69) is 31.3 Å². The first-order chi connectivity index (χ1) is 23.3. The van der Waals surface area contributed by atoms with Crippen molar-refractivity contribution in [3.8, 4) is 22.5 Å². The van der Waals surface area contributed by atoms with Crippen LogP contribution in [0.15, 0.2) is 66.7 Å². The molecule has 2 unspecified atom stereocenters. The zero-order chi connectivity index (χ0) is 33.6. The molecule has 10 nitrogen and oxygen atoms in total. The van der Waals surface area contributed by atoms with Gasteiger partial charge in [-0.05, 0) is 123 Å². The number of nitrogens with one attached hydrogen (secondary N) is 3. The smallest absolute Gasteiger partial charge is 0.251 e. The maximum atomic E-state index is 13.7. The molecule has 250 valence electrons. The Morgan fingerprint density at radius 3 is 2.27 bits per heavy atom. The number of rotatable bonds is 13. The number of anilines is 1. The first-order valence-corrected chi connectivity index (χ1v) is 17.2. The minimum absolute atomic E-state index is 0.0381. The molecule has 5 N–H and O–H groups in total. The number of H-pyrrole nitrogens is 1. The second-order valence-electron chi connectivity index (χ2n) is 13.3. The number of Topliss-reactive ketones (excluding diaryl/α,β-unsaturated/α-hetero) is 1. The lowest BCUT2D eigenvalue weighted by molar-refractivity contribution is -0.129. The van der Waals surface area contributed by atoms with Gasteiger partial charge in [0.15, 0.2) is 0 Å². The summed E-state index contributed by atoms with van der Waals surface area (Å²) in [7, 11) is 0. The molecule has 3 aromatic carbocycles. The molecular formula is C37H42ClN7O3. The van der Waals surface area contributed by atoms with Gasteiger partial charge in [-0.25, -0.2) is 0 Å². The fourth-order valence-electron chi connectivity index (χ4n) is 6.62. The number of nitrogens with zero attached hydrogens (tertiary/aromatic N) is 3. The van der Waals surface area contributed by atoms with Gasteiger partial charge in [0.2, 0.25) is 11.7 Å². The van der Waals surface area contributed by atoms with E-state index in [-0.39, 0.29) is 36.0 Å². The van der Waals surface area contributed by atoms with Crippen molar-refractivity contribution in [1.29, 1.82) is 0 Å². The summed E-state index contributed by atoms with van der Waals surface area (Å²) in [6.07, 6.45) is 6.43. The van der Waals surface area contributed by atoms with E-state index >= 15 is 0 Å². The van der Waals surface area contributed by atoms with Crippen LogP contribution in [0.2, 0.25) is 5.02 Å². The fraction of sp³-hybridized carbons (Fsp3) is 0.405. The summed E-state index contributed by atoms with van der Waals surface area (Å²) in [5.74, 6) is 0.728. The van der Waals surface area contributed by atoms with Crippen LogP contribution in [-0.2, 0) is 16.0 Å². The van der Waals surface area contributed by atoms with Crippen molar-refractivity contribution >= 4 is 34.9 Å². The van der Waals surface area contributed by atoms with Crippen LogP contribution in [0.3, 0.4) is 0 Å². The predicted octanol–water partition coefficient (Wildman–Crippen LogP) is 6.24. The number of carbonyl (C=O) groups is 3. The molecule has 2 fully saturated rings. The quantitative estimate of drug-likeness (QED) is 0.132. The Morgan fingerprint density at radius 2 is 1.65 bits per heavy atom. The van der Waals surface area contributed by atoms with Gasteiger partial charge >= 0.3 is 0 Å². The third-order valence-electron chi connectivity index (χ3n) is 9.88. The summed E-state index contributed by atoms with van der Waals surface area (Å²) in [6, 6.07) is 20.6. The summed E-state index contributed by atoms with van der Waals surface area (Å²) < 4.78 is 0. The normalized spacial score (nSPS) is 18.9. The van der Waals surface area contributed by atoms with E-state index in [1.54, 1.807) is 24.3 Å². The predicted molar refractivity (Wildman–Crippen MR) is 186 cm³/mol. The summed E-state index contributed by atoms with van der Waals surface area (Å²) >= 11 is 6.66. The number of ketones is 1. The van der Waals surface area contributed by atoms with Crippen LogP contribution in [0.25, 0.3) is 22.5 Å². The second kappa shape index (κ2) is 15.2. The first-order valence-electron chi connectivity index (χ1n) is 16.8. The third-order valence-corrected chi connectivity index (χ3v) is 10.2. The number of hydrogen-bond acceptors (Lipinski definition) is 7. The van der Waals surface area contributed by atoms with Crippen molar-refractivity contribution in [2.75, 3.05) is 11.9 Å². The van der Waals surface area contributed by atoms with Crippen molar-refractivity contribution in [3.05, 3.63) is 82.9 Å². The Bertz CT molecular complexity index is 1710. The van der Waals surface area contributed by atoms with Crippen molar-refractivity contribution < 1.29 is 14.4 Å². The number of carbonyl (C=O) groups excluding carboxylic acids is 3. The Hall–Kier alpha value is -4.41. The molecule has 1 aromatic heterocycles. The number of aromatic amines is 1. The van der Waals surface area contributed by atoms with Gasteiger partial charge in [-0.3, -0.25) is 14.4 Å². The standard InChI is InChI=1S/C37H42ClN7O3/c1-22(25-10-11-25)40-36(47)29-14-17-32(33(38)19-29)26-6-2-23(3-7-26)18-30(20-34(46)27-8-4-24(21-39)5-9-27)37(48)41-31-15-12-28(13-16-31)35-42-44-45-43-35/h2-3,6-7,12-17,19,22,24-25,27,30H,4-5,8-11,18,20-21,39H2,1H3,(H,40,47)(H,41,48)(H,42,43,44,45). The molecule has 11 heteroatoms. The molecule has 0 saturated heterocycles. The molecule has 1 heterocycles. The molecule has 4 aromatic rings. The number of halogens is 1. The van der Waals surface area contributed by atoms with Crippen molar-refractivity contribution in [2.45, 2.75) is 64.3 Å². The van der Waals surface area contributed by atoms with Crippen molar-refractivity contribution in [2.24, 2.45) is 29.4 Å². The topological polar surface area (TPSA) is 156 Å². The second-order valence-corrected chi connectivity index (χ2v) is 13.7. The number of benzene rings is 3. The molecule has 2 saturated carbocycles. The highest BCUT2D eigenvalue weighted by Gasteiger charge is 2.31. The highest BCUT2D eigenvalue weighted by atomic mass is 35.5. The van der Waals surface area contributed by atoms with Crippen LogP contribution < -0.4 is 16.4 Å². The van der Waals surface area contributed by atoms with Crippen LogP contribution in [0, 0.1) is 23.7 Å². The number of nitrogens with two attached hydrogens (primary N) is 1. The molecule has 0 bridgehead atoms. The van der Waals surface area contributed by atoms with Gasteiger partial charge < -0.3 is 16.4 Å². The van der Waals surface area contributed by atoms with E-state index in [0.29, 0.717) is 46.9 Å². The van der Waals surface area contributed by atoms with Gasteiger partial charge in [0, 0.05) is 51.7 Å². The Kier molecular flexibility index (Phi) is 10.6. The number of aromatic nitrogens is 4. The van der Waals surface area contributed by atoms with E-state index < -0.39 is 5.92 Å². The van der Waals surface area contributed by atoms with Crippen molar-refractivity contribution in [1.82, 2.24) is 25.9 Å². The van der Waals surface area contributed by atoms with Crippen LogP contribution in [0.4, 0.5) is 5.69 Å². The van der Waals surface area contributed by atoms with Gasteiger partial charge in [0.1, 0.15) is 5.78 Å². The Labute approximate surface area is 285 Å². The molecule has 0 aliphatic heterocycles. The summed E-state index contributed by atoms with van der Waals surface area (Å²) in [6.45, 7) is 2.69. The number of tetrazole rings is 1. The average Bonchev–Trinajstić information content (AvgIpc) is 3.82. The van der Waals surface area contributed by atoms with Crippen LogP contribution >= 0.6 is 11.6 Å². The van der Waals surface area contributed by atoms with Gasteiger partial charge in [-0.1, -0.05) is 41.9 Å².